The van der Waals surface area contributed by atoms with E-state index in [1.165, 1.54) is 12.1 Å². The van der Waals surface area contributed by atoms with Gasteiger partial charge in [-0.05, 0) is 31.5 Å². The number of H-pyrrole nitrogens is 1. The second-order valence-electron chi connectivity index (χ2n) is 5.32. The number of aromatic amines is 1. The molecule has 0 aliphatic carbocycles. The van der Waals surface area contributed by atoms with Gasteiger partial charge in [-0.15, -0.1) is 0 Å². The van der Waals surface area contributed by atoms with Crippen molar-refractivity contribution < 1.29 is 8.78 Å². The molecular formula is C15H17F2N3. The molecule has 3 rings (SSSR count). The van der Waals surface area contributed by atoms with E-state index in [0.29, 0.717) is 18.0 Å². The fourth-order valence-electron chi connectivity index (χ4n) is 2.84. The molecule has 2 heterocycles. The standard InChI is InChI=1S/C15H17F2N3/c16-13-4-3-11(14(17)8-13)9-20-7-1-2-12(10-20)15-5-6-18-19-15/h3-6,8,12H,1-2,7,9-10H2,(H,18,19)/t12-/m1/s1. The molecule has 3 nitrogen and oxygen atoms in total. The van der Waals surface area contributed by atoms with E-state index in [9.17, 15) is 8.78 Å². The molecule has 5 heteroatoms. The number of benzene rings is 1. The van der Waals surface area contributed by atoms with E-state index in [-0.39, 0.29) is 0 Å². The van der Waals surface area contributed by atoms with E-state index in [2.05, 4.69) is 15.1 Å². The minimum absolute atomic E-state index is 0.412. The Hall–Kier alpha value is -1.75. The number of hydrogen-bond acceptors (Lipinski definition) is 2. The number of rotatable bonds is 3. The van der Waals surface area contributed by atoms with E-state index in [0.717, 1.165) is 37.7 Å². The lowest BCUT2D eigenvalue weighted by Crippen LogP contribution is -2.34. The minimum atomic E-state index is -0.528. The van der Waals surface area contributed by atoms with Gasteiger partial charge in [-0.25, -0.2) is 8.78 Å². The number of hydrogen-bond donors (Lipinski definition) is 1. The molecule has 0 radical (unpaired) electrons. The van der Waals surface area contributed by atoms with Crippen LogP contribution in [0, 0.1) is 11.6 Å². The van der Waals surface area contributed by atoms with Crippen LogP contribution in [-0.4, -0.2) is 28.2 Å². The molecule has 0 amide bonds. The van der Waals surface area contributed by atoms with Crippen molar-refractivity contribution in [3.63, 3.8) is 0 Å². The zero-order valence-electron chi connectivity index (χ0n) is 11.1. The summed E-state index contributed by atoms with van der Waals surface area (Å²) < 4.78 is 26.6. The molecule has 1 aromatic heterocycles. The predicted octanol–water partition coefficient (Wildman–Crippen LogP) is 3.07. The molecule has 1 fully saturated rings. The van der Waals surface area contributed by atoms with Crippen molar-refractivity contribution in [2.75, 3.05) is 13.1 Å². The highest BCUT2D eigenvalue weighted by Crippen LogP contribution is 2.26. The largest absolute Gasteiger partial charge is 0.298 e. The van der Waals surface area contributed by atoms with Crippen molar-refractivity contribution in [2.45, 2.75) is 25.3 Å². The summed E-state index contributed by atoms with van der Waals surface area (Å²) in [7, 11) is 0. The lowest BCUT2D eigenvalue weighted by molar-refractivity contribution is 0.196. The number of nitrogens with one attached hydrogen (secondary N) is 1. The highest BCUT2D eigenvalue weighted by Gasteiger charge is 2.22. The van der Waals surface area contributed by atoms with Gasteiger partial charge in [0.2, 0.25) is 0 Å². The molecule has 20 heavy (non-hydrogen) atoms. The van der Waals surface area contributed by atoms with Crippen molar-refractivity contribution in [2.24, 2.45) is 0 Å². The number of likely N-dealkylation sites (tertiary alicyclic amines) is 1. The molecule has 0 spiro atoms. The Bertz CT molecular complexity index is 569. The van der Waals surface area contributed by atoms with Crippen LogP contribution in [0.2, 0.25) is 0 Å². The summed E-state index contributed by atoms with van der Waals surface area (Å²) in [6.45, 7) is 2.34. The molecule has 1 aliphatic heterocycles. The number of piperidine rings is 1. The number of aromatic nitrogens is 2. The SMILES string of the molecule is Fc1ccc(CN2CCC[C@@H](c3ccn[nH]3)C2)c(F)c1. The second-order valence-corrected chi connectivity index (χ2v) is 5.32. The van der Waals surface area contributed by atoms with Gasteiger partial charge in [-0.3, -0.25) is 10.00 Å². The lowest BCUT2D eigenvalue weighted by atomic mass is 9.94. The smallest absolute Gasteiger partial charge is 0.130 e. The Balaban J connectivity index is 1.68. The maximum absolute atomic E-state index is 13.7. The third-order valence-corrected chi connectivity index (χ3v) is 3.88. The van der Waals surface area contributed by atoms with E-state index in [1.54, 1.807) is 6.20 Å². The van der Waals surface area contributed by atoms with E-state index >= 15 is 0 Å². The third kappa shape index (κ3) is 2.88. The monoisotopic (exact) mass is 277 g/mol. The van der Waals surface area contributed by atoms with E-state index in [1.807, 2.05) is 6.07 Å². The molecule has 1 aromatic carbocycles. The fraction of sp³-hybridized carbons (Fsp3) is 0.400. The summed E-state index contributed by atoms with van der Waals surface area (Å²) in [4.78, 5) is 2.21. The normalized spacial score (nSPS) is 20.2. The van der Waals surface area contributed by atoms with Crippen LogP contribution < -0.4 is 0 Å². The minimum Gasteiger partial charge on any atom is -0.298 e. The molecular weight excluding hydrogens is 260 g/mol. The topological polar surface area (TPSA) is 31.9 Å². The first kappa shape index (κ1) is 13.2. The predicted molar refractivity (Wildman–Crippen MR) is 72.2 cm³/mol. The highest BCUT2D eigenvalue weighted by atomic mass is 19.1. The van der Waals surface area contributed by atoms with Gasteiger partial charge < -0.3 is 0 Å². The Labute approximate surface area is 116 Å². The maximum Gasteiger partial charge on any atom is 0.130 e. The first-order valence-corrected chi connectivity index (χ1v) is 6.88. The van der Waals surface area contributed by atoms with Crippen LogP contribution in [0.1, 0.15) is 30.0 Å². The van der Waals surface area contributed by atoms with Gasteiger partial charge in [-0.1, -0.05) is 6.07 Å². The van der Waals surface area contributed by atoms with Gasteiger partial charge >= 0.3 is 0 Å². The Morgan fingerprint density at radius 2 is 2.20 bits per heavy atom. The van der Waals surface area contributed by atoms with Crippen molar-refractivity contribution >= 4 is 0 Å². The first-order valence-electron chi connectivity index (χ1n) is 6.88. The third-order valence-electron chi connectivity index (χ3n) is 3.88. The molecule has 0 bridgehead atoms. The van der Waals surface area contributed by atoms with Gasteiger partial charge in [0.15, 0.2) is 0 Å². The number of halogens is 2. The van der Waals surface area contributed by atoms with Crippen LogP contribution in [-0.2, 0) is 6.54 Å². The lowest BCUT2D eigenvalue weighted by Gasteiger charge is -2.32. The Morgan fingerprint density at radius 3 is 2.95 bits per heavy atom. The van der Waals surface area contributed by atoms with Crippen molar-refractivity contribution in [1.29, 1.82) is 0 Å². The van der Waals surface area contributed by atoms with Gasteiger partial charge in [-0.2, -0.15) is 5.10 Å². The van der Waals surface area contributed by atoms with Crippen LogP contribution in [0.25, 0.3) is 0 Å². The van der Waals surface area contributed by atoms with Crippen LogP contribution >= 0.6 is 0 Å². The van der Waals surface area contributed by atoms with Gasteiger partial charge in [0.05, 0.1) is 0 Å². The zero-order chi connectivity index (χ0) is 13.9. The van der Waals surface area contributed by atoms with Crippen LogP contribution in [0.3, 0.4) is 0 Å². The van der Waals surface area contributed by atoms with Crippen LogP contribution in [0.5, 0.6) is 0 Å². The first-order chi connectivity index (χ1) is 9.72. The molecule has 1 atom stereocenters. The Kier molecular flexibility index (Phi) is 3.78. The van der Waals surface area contributed by atoms with Gasteiger partial charge in [0.1, 0.15) is 11.6 Å². The average molecular weight is 277 g/mol. The molecule has 1 saturated heterocycles. The average Bonchev–Trinajstić information content (AvgIpc) is 2.96. The van der Waals surface area contributed by atoms with E-state index < -0.39 is 11.6 Å². The summed E-state index contributed by atoms with van der Waals surface area (Å²) in [5, 5.41) is 6.99. The van der Waals surface area contributed by atoms with Crippen molar-refractivity contribution in [1.82, 2.24) is 15.1 Å². The molecule has 2 aromatic rings. The van der Waals surface area contributed by atoms with Crippen molar-refractivity contribution in [3.05, 3.63) is 53.4 Å². The zero-order valence-corrected chi connectivity index (χ0v) is 11.1. The summed E-state index contributed by atoms with van der Waals surface area (Å²) >= 11 is 0. The van der Waals surface area contributed by atoms with Crippen LogP contribution in [0.4, 0.5) is 8.78 Å². The van der Waals surface area contributed by atoms with E-state index in [4.69, 9.17) is 0 Å². The van der Waals surface area contributed by atoms with Gasteiger partial charge in [0, 0.05) is 42.5 Å². The molecule has 1 aliphatic rings. The molecule has 1 N–H and O–H groups in total. The second kappa shape index (κ2) is 5.71. The summed E-state index contributed by atoms with van der Waals surface area (Å²) in [5.41, 5.74) is 1.69. The summed E-state index contributed by atoms with van der Waals surface area (Å²) in [5.74, 6) is -0.580. The molecule has 0 saturated carbocycles. The molecule has 0 unspecified atom stereocenters. The quantitative estimate of drug-likeness (QED) is 0.935. The van der Waals surface area contributed by atoms with Crippen molar-refractivity contribution in [3.8, 4) is 0 Å². The molecule has 106 valence electrons. The fourth-order valence-corrected chi connectivity index (χ4v) is 2.84. The maximum atomic E-state index is 13.7. The van der Waals surface area contributed by atoms with Crippen LogP contribution in [0.15, 0.2) is 30.5 Å². The Morgan fingerprint density at radius 1 is 1.30 bits per heavy atom. The number of nitrogens with zero attached hydrogens (tertiary/aromatic N) is 2. The summed E-state index contributed by atoms with van der Waals surface area (Å²) in [6.07, 6.45) is 3.95. The summed E-state index contributed by atoms with van der Waals surface area (Å²) in [6, 6.07) is 5.79. The van der Waals surface area contributed by atoms with Gasteiger partial charge in [0.25, 0.3) is 0 Å². The highest BCUT2D eigenvalue weighted by molar-refractivity contribution is 5.19.